The SMILES string of the molecule is Cc1ccc(P(c2ccc(C)cc2)c2cccc(S(=O)(=O)[O-])c2)cc1.[K+]. The van der Waals surface area contributed by atoms with Gasteiger partial charge in [-0.1, -0.05) is 71.8 Å². The van der Waals surface area contributed by atoms with Crippen molar-refractivity contribution < 1.29 is 64.4 Å². The van der Waals surface area contributed by atoms with Crippen molar-refractivity contribution in [3.05, 3.63) is 83.9 Å². The molecule has 0 aliphatic carbocycles. The number of hydrogen-bond donors (Lipinski definition) is 0. The fourth-order valence-corrected chi connectivity index (χ4v) is 5.51. The quantitative estimate of drug-likeness (QED) is 0.346. The van der Waals surface area contributed by atoms with Crippen LogP contribution < -0.4 is 67.3 Å². The Labute approximate surface area is 198 Å². The van der Waals surface area contributed by atoms with E-state index in [2.05, 4.69) is 24.3 Å². The van der Waals surface area contributed by atoms with Gasteiger partial charge < -0.3 is 4.55 Å². The first-order valence-electron chi connectivity index (χ1n) is 7.84. The second-order valence-corrected chi connectivity index (χ2v) is 9.56. The predicted octanol–water partition coefficient (Wildman–Crippen LogP) is -0.0303. The normalized spacial score (nSPS) is 11.2. The Morgan fingerprint density at radius 3 is 1.62 bits per heavy atom. The zero-order valence-corrected chi connectivity index (χ0v) is 19.8. The average molecular weight is 409 g/mol. The van der Waals surface area contributed by atoms with Gasteiger partial charge in [-0.15, -0.1) is 0 Å². The summed E-state index contributed by atoms with van der Waals surface area (Å²) in [5.74, 6) is 0. The van der Waals surface area contributed by atoms with E-state index in [4.69, 9.17) is 0 Å². The van der Waals surface area contributed by atoms with Gasteiger partial charge in [-0.05, 0) is 49.8 Å². The van der Waals surface area contributed by atoms with Gasteiger partial charge in [0.25, 0.3) is 0 Å². The van der Waals surface area contributed by atoms with Crippen molar-refractivity contribution in [3.63, 3.8) is 0 Å². The summed E-state index contributed by atoms with van der Waals surface area (Å²) in [6.45, 7) is 4.06. The summed E-state index contributed by atoms with van der Waals surface area (Å²) in [5.41, 5.74) is 2.33. The summed E-state index contributed by atoms with van der Waals surface area (Å²) in [7, 11) is -5.41. The van der Waals surface area contributed by atoms with Crippen molar-refractivity contribution in [2.24, 2.45) is 0 Å². The molecule has 128 valence electrons. The monoisotopic (exact) mass is 408 g/mol. The third kappa shape index (κ3) is 5.34. The van der Waals surface area contributed by atoms with Gasteiger partial charge >= 0.3 is 51.4 Å². The molecule has 3 rings (SSSR count). The summed E-state index contributed by atoms with van der Waals surface area (Å²) >= 11 is 0. The molecule has 3 nitrogen and oxygen atoms in total. The van der Waals surface area contributed by atoms with E-state index in [0.29, 0.717) is 0 Å². The molecule has 0 saturated carbocycles. The van der Waals surface area contributed by atoms with Gasteiger partial charge in [0.15, 0.2) is 0 Å². The largest absolute Gasteiger partial charge is 1.00 e. The van der Waals surface area contributed by atoms with Crippen LogP contribution in [0.25, 0.3) is 0 Å². The van der Waals surface area contributed by atoms with Gasteiger partial charge in [0.05, 0.1) is 4.90 Å². The molecule has 0 saturated heterocycles. The average Bonchev–Trinajstić information content (AvgIpc) is 2.58. The smallest absolute Gasteiger partial charge is 0.744 e. The predicted molar refractivity (Wildman–Crippen MR) is 103 cm³/mol. The molecule has 0 radical (unpaired) electrons. The number of hydrogen-bond acceptors (Lipinski definition) is 3. The van der Waals surface area contributed by atoms with Crippen LogP contribution in [0.5, 0.6) is 0 Å². The molecule has 0 unspecified atom stereocenters. The molecular formula is C20H18KO3PS. The second-order valence-electron chi connectivity index (χ2n) is 5.96. The van der Waals surface area contributed by atoms with Crippen LogP contribution >= 0.6 is 7.92 Å². The minimum atomic E-state index is -4.48. The maximum absolute atomic E-state index is 11.4. The van der Waals surface area contributed by atoms with E-state index < -0.39 is 18.0 Å². The van der Waals surface area contributed by atoms with Crippen LogP contribution in [-0.4, -0.2) is 13.0 Å². The number of benzene rings is 3. The van der Waals surface area contributed by atoms with E-state index in [1.165, 1.54) is 23.3 Å². The van der Waals surface area contributed by atoms with Crippen molar-refractivity contribution in [1.29, 1.82) is 0 Å². The molecule has 0 aliphatic rings. The van der Waals surface area contributed by atoms with Crippen LogP contribution in [0.2, 0.25) is 0 Å². The first-order chi connectivity index (χ1) is 11.8. The maximum Gasteiger partial charge on any atom is 1.00 e. The molecular weight excluding hydrogens is 390 g/mol. The molecule has 0 N–H and O–H groups in total. The third-order valence-electron chi connectivity index (χ3n) is 3.95. The Bertz CT molecular complexity index is 939. The number of aryl methyl sites for hydroxylation is 2. The third-order valence-corrected chi connectivity index (χ3v) is 7.20. The van der Waals surface area contributed by atoms with E-state index in [9.17, 15) is 13.0 Å². The molecule has 0 fully saturated rings. The van der Waals surface area contributed by atoms with Gasteiger partial charge in [0.1, 0.15) is 10.1 Å². The summed E-state index contributed by atoms with van der Waals surface area (Å²) in [6.07, 6.45) is 0. The van der Waals surface area contributed by atoms with Crippen LogP contribution in [0.15, 0.2) is 77.7 Å². The van der Waals surface area contributed by atoms with Gasteiger partial charge in [-0.2, -0.15) is 0 Å². The molecule has 3 aromatic rings. The van der Waals surface area contributed by atoms with Crippen molar-refractivity contribution in [2.75, 3.05) is 0 Å². The molecule has 0 bridgehead atoms. The van der Waals surface area contributed by atoms with E-state index in [1.807, 2.05) is 44.2 Å². The Morgan fingerprint density at radius 1 is 0.731 bits per heavy atom. The van der Waals surface area contributed by atoms with Crippen LogP contribution in [0.1, 0.15) is 11.1 Å². The summed E-state index contributed by atoms with van der Waals surface area (Å²) in [6, 6.07) is 22.9. The zero-order chi connectivity index (χ0) is 18.0. The van der Waals surface area contributed by atoms with E-state index in [0.717, 1.165) is 15.9 Å². The van der Waals surface area contributed by atoms with Crippen LogP contribution in [0.3, 0.4) is 0 Å². The van der Waals surface area contributed by atoms with E-state index in [1.54, 1.807) is 6.07 Å². The van der Waals surface area contributed by atoms with Crippen LogP contribution in [0.4, 0.5) is 0 Å². The molecule has 26 heavy (non-hydrogen) atoms. The fourth-order valence-electron chi connectivity index (χ4n) is 2.61. The van der Waals surface area contributed by atoms with Crippen molar-refractivity contribution >= 4 is 34.0 Å². The molecule has 3 aromatic carbocycles. The van der Waals surface area contributed by atoms with Gasteiger partial charge in [-0.25, -0.2) is 8.42 Å². The second kappa shape index (κ2) is 9.22. The number of rotatable bonds is 4. The Balaban J connectivity index is 0.00000243. The zero-order valence-electron chi connectivity index (χ0n) is 15.0. The molecule has 6 heteroatoms. The van der Waals surface area contributed by atoms with Crippen LogP contribution in [0, 0.1) is 13.8 Å². The minimum Gasteiger partial charge on any atom is -0.744 e. The van der Waals surface area contributed by atoms with Crippen molar-refractivity contribution in [3.8, 4) is 0 Å². The molecule has 0 heterocycles. The molecule has 0 aromatic heterocycles. The molecule has 0 aliphatic heterocycles. The molecule has 0 spiro atoms. The topological polar surface area (TPSA) is 57.2 Å². The fraction of sp³-hybridized carbons (Fsp3) is 0.100. The van der Waals surface area contributed by atoms with Gasteiger partial charge in [0, 0.05) is 0 Å². The Morgan fingerprint density at radius 2 is 1.19 bits per heavy atom. The standard InChI is InChI=1S/C20H19O3PS.K/c1-15-6-10-17(11-7-15)24(18-12-8-16(2)9-13-18)19-4-3-5-20(14-19)25(21,22)23;/h3-14H,1-2H3,(H,21,22,23);/q;+1/p-1. The van der Waals surface area contributed by atoms with Crippen molar-refractivity contribution in [2.45, 2.75) is 18.7 Å². The first kappa shape index (κ1) is 21.9. The summed E-state index contributed by atoms with van der Waals surface area (Å²) in [5, 5.41) is 3.08. The summed E-state index contributed by atoms with van der Waals surface area (Å²) < 4.78 is 34.3. The maximum atomic E-state index is 11.4. The Kier molecular flexibility index (Phi) is 7.78. The Hall–Kier alpha value is -0.364. The summed E-state index contributed by atoms with van der Waals surface area (Å²) in [4.78, 5) is -0.184. The van der Waals surface area contributed by atoms with Crippen LogP contribution in [-0.2, 0) is 10.1 Å². The van der Waals surface area contributed by atoms with E-state index in [-0.39, 0.29) is 56.3 Å². The minimum absolute atomic E-state index is 0. The molecule has 0 atom stereocenters. The van der Waals surface area contributed by atoms with Gasteiger partial charge in [0.2, 0.25) is 0 Å². The first-order valence-corrected chi connectivity index (χ1v) is 10.6. The van der Waals surface area contributed by atoms with E-state index >= 15 is 0 Å². The molecule has 0 amide bonds. The van der Waals surface area contributed by atoms with Gasteiger partial charge in [-0.3, -0.25) is 0 Å². The van der Waals surface area contributed by atoms with Crippen molar-refractivity contribution in [1.82, 2.24) is 0 Å².